The fraction of sp³-hybridized carbons (Fsp3) is 0.130. The van der Waals surface area contributed by atoms with Gasteiger partial charge in [-0.15, -0.1) is 0 Å². The highest BCUT2D eigenvalue weighted by atomic mass is 35.5. The monoisotopic (exact) mass is 407 g/mol. The Balaban J connectivity index is 1.63. The average molecular weight is 408 g/mol. The highest BCUT2D eigenvalue weighted by Gasteiger charge is 2.15. The van der Waals surface area contributed by atoms with Crippen LogP contribution in [0.15, 0.2) is 78.9 Å². The summed E-state index contributed by atoms with van der Waals surface area (Å²) < 4.78 is 0. The summed E-state index contributed by atoms with van der Waals surface area (Å²) in [7, 11) is 1.84. The smallest absolute Gasteiger partial charge is 0.257 e. The van der Waals surface area contributed by atoms with Crippen molar-refractivity contribution in [2.75, 3.05) is 24.2 Å². The van der Waals surface area contributed by atoms with Crippen LogP contribution < -0.4 is 10.6 Å². The number of halogens is 1. The molecule has 0 aromatic heterocycles. The van der Waals surface area contributed by atoms with Gasteiger partial charge >= 0.3 is 0 Å². The summed E-state index contributed by atoms with van der Waals surface area (Å²) in [6.07, 6.45) is 0. The van der Waals surface area contributed by atoms with E-state index in [4.69, 9.17) is 11.6 Å². The molecule has 3 rings (SSSR count). The molecule has 0 unspecified atom stereocenters. The number of benzene rings is 3. The predicted octanol–water partition coefficient (Wildman–Crippen LogP) is 4.66. The Morgan fingerprint density at radius 3 is 2.28 bits per heavy atom. The standard InChI is InChI=1S/C23H22ClN3O2/c1-27(15-17-9-5-7-13-20(17)24)16-22(28)26-21-14-8-6-12-19(21)23(29)25-18-10-3-2-4-11-18/h2-14H,15-16H2,1H3,(H,25,29)(H,26,28). The van der Waals surface area contributed by atoms with Gasteiger partial charge in [0.15, 0.2) is 0 Å². The van der Waals surface area contributed by atoms with Gasteiger partial charge in [-0.1, -0.05) is 60.1 Å². The van der Waals surface area contributed by atoms with E-state index in [0.29, 0.717) is 28.5 Å². The van der Waals surface area contributed by atoms with Crippen LogP contribution in [0.5, 0.6) is 0 Å². The first kappa shape index (κ1) is 20.6. The summed E-state index contributed by atoms with van der Waals surface area (Å²) in [5.41, 5.74) is 2.51. The van der Waals surface area contributed by atoms with Crippen molar-refractivity contribution in [3.63, 3.8) is 0 Å². The number of hydrogen-bond acceptors (Lipinski definition) is 3. The third-order valence-corrected chi connectivity index (χ3v) is 4.66. The number of carbonyl (C=O) groups is 2. The maximum absolute atomic E-state index is 12.6. The number of rotatable bonds is 7. The maximum atomic E-state index is 12.6. The van der Waals surface area contributed by atoms with Gasteiger partial charge in [0.05, 0.1) is 17.8 Å². The molecule has 2 amide bonds. The van der Waals surface area contributed by atoms with E-state index in [0.717, 1.165) is 5.56 Å². The lowest BCUT2D eigenvalue weighted by Crippen LogP contribution is -2.30. The molecule has 0 heterocycles. The minimum absolute atomic E-state index is 0.167. The Labute approximate surface area is 175 Å². The molecular formula is C23H22ClN3O2. The van der Waals surface area contributed by atoms with E-state index in [1.165, 1.54) is 0 Å². The maximum Gasteiger partial charge on any atom is 0.257 e. The molecule has 5 nitrogen and oxygen atoms in total. The molecule has 3 aromatic carbocycles. The van der Waals surface area contributed by atoms with Crippen molar-refractivity contribution >= 4 is 34.8 Å². The van der Waals surface area contributed by atoms with Crippen LogP contribution in [-0.4, -0.2) is 30.3 Å². The number of nitrogens with one attached hydrogen (secondary N) is 2. The molecule has 148 valence electrons. The summed E-state index contributed by atoms with van der Waals surface area (Å²) in [4.78, 5) is 27.0. The van der Waals surface area contributed by atoms with Gasteiger partial charge in [0.25, 0.3) is 5.91 Å². The number of hydrogen-bond donors (Lipinski definition) is 2. The summed E-state index contributed by atoms with van der Waals surface area (Å²) in [6, 6.07) is 23.7. The van der Waals surface area contributed by atoms with Crippen molar-refractivity contribution in [3.05, 3.63) is 95.0 Å². The number of carbonyl (C=O) groups excluding carboxylic acids is 2. The summed E-state index contributed by atoms with van der Waals surface area (Å²) in [5.74, 6) is -0.490. The van der Waals surface area contributed by atoms with E-state index in [9.17, 15) is 9.59 Å². The third-order valence-electron chi connectivity index (χ3n) is 4.29. The van der Waals surface area contributed by atoms with E-state index in [-0.39, 0.29) is 18.4 Å². The number of para-hydroxylation sites is 2. The molecular weight excluding hydrogens is 386 g/mol. The van der Waals surface area contributed by atoms with Gasteiger partial charge in [-0.25, -0.2) is 0 Å². The molecule has 0 saturated heterocycles. The second-order valence-electron chi connectivity index (χ2n) is 6.68. The van der Waals surface area contributed by atoms with Crippen LogP contribution in [0.1, 0.15) is 15.9 Å². The molecule has 3 aromatic rings. The lowest BCUT2D eigenvalue weighted by Gasteiger charge is -2.18. The fourth-order valence-corrected chi connectivity index (χ4v) is 3.11. The van der Waals surface area contributed by atoms with Crippen LogP contribution in [0.4, 0.5) is 11.4 Å². The molecule has 0 bridgehead atoms. The van der Waals surface area contributed by atoms with Crippen LogP contribution >= 0.6 is 11.6 Å². The third kappa shape index (κ3) is 5.91. The minimum Gasteiger partial charge on any atom is -0.324 e. The molecule has 0 radical (unpaired) electrons. The van der Waals surface area contributed by atoms with Gasteiger partial charge in [0.2, 0.25) is 5.91 Å². The van der Waals surface area contributed by atoms with Crippen molar-refractivity contribution in [2.45, 2.75) is 6.54 Å². The van der Waals surface area contributed by atoms with E-state index >= 15 is 0 Å². The molecule has 29 heavy (non-hydrogen) atoms. The van der Waals surface area contributed by atoms with Gasteiger partial charge in [-0.3, -0.25) is 14.5 Å². The van der Waals surface area contributed by atoms with Crippen molar-refractivity contribution in [2.24, 2.45) is 0 Å². The zero-order valence-electron chi connectivity index (χ0n) is 16.1. The van der Waals surface area contributed by atoms with E-state index < -0.39 is 0 Å². The van der Waals surface area contributed by atoms with Crippen LogP contribution in [0.2, 0.25) is 5.02 Å². The molecule has 0 spiro atoms. The Morgan fingerprint density at radius 2 is 1.52 bits per heavy atom. The summed E-state index contributed by atoms with van der Waals surface area (Å²) in [5, 5.41) is 6.34. The Hall–Kier alpha value is -3.15. The lowest BCUT2D eigenvalue weighted by atomic mass is 10.1. The minimum atomic E-state index is -0.281. The van der Waals surface area contributed by atoms with Gasteiger partial charge in [-0.2, -0.15) is 0 Å². The number of likely N-dealkylation sites (N-methyl/N-ethyl adjacent to an activating group) is 1. The van der Waals surface area contributed by atoms with Crippen molar-refractivity contribution < 1.29 is 9.59 Å². The Morgan fingerprint density at radius 1 is 0.862 bits per heavy atom. The quantitative estimate of drug-likeness (QED) is 0.598. The lowest BCUT2D eigenvalue weighted by molar-refractivity contribution is -0.117. The zero-order chi connectivity index (χ0) is 20.6. The molecule has 2 N–H and O–H groups in total. The zero-order valence-corrected chi connectivity index (χ0v) is 16.8. The highest BCUT2D eigenvalue weighted by molar-refractivity contribution is 6.31. The molecule has 0 atom stereocenters. The first-order chi connectivity index (χ1) is 14.0. The molecule has 0 aliphatic rings. The van der Waals surface area contributed by atoms with Gasteiger partial charge < -0.3 is 10.6 Å². The first-order valence-corrected chi connectivity index (χ1v) is 9.58. The van der Waals surface area contributed by atoms with Crippen molar-refractivity contribution in [1.82, 2.24) is 4.90 Å². The Kier molecular flexibility index (Phi) is 7.00. The number of anilines is 2. The van der Waals surface area contributed by atoms with E-state index in [2.05, 4.69) is 10.6 Å². The average Bonchev–Trinajstić information content (AvgIpc) is 2.70. The summed E-state index contributed by atoms with van der Waals surface area (Å²) in [6.45, 7) is 0.711. The van der Waals surface area contributed by atoms with Crippen LogP contribution in [0.25, 0.3) is 0 Å². The predicted molar refractivity (Wildman–Crippen MR) is 117 cm³/mol. The van der Waals surface area contributed by atoms with E-state index in [1.54, 1.807) is 24.3 Å². The normalized spacial score (nSPS) is 10.6. The number of amides is 2. The van der Waals surface area contributed by atoms with Gasteiger partial charge in [-0.05, 0) is 42.9 Å². The molecule has 0 fully saturated rings. The topological polar surface area (TPSA) is 61.4 Å². The largest absolute Gasteiger partial charge is 0.324 e. The van der Waals surface area contributed by atoms with E-state index in [1.807, 2.05) is 66.5 Å². The second-order valence-corrected chi connectivity index (χ2v) is 7.08. The van der Waals surface area contributed by atoms with Crippen LogP contribution in [0.3, 0.4) is 0 Å². The van der Waals surface area contributed by atoms with Crippen LogP contribution in [0, 0.1) is 0 Å². The van der Waals surface area contributed by atoms with Gasteiger partial charge in [0.1, 0.15) is 0 Å². The SMILES string of the molecule is CN(CC(=O)Nc1ccccc1C(=O)Nc1ccccc1)Cc1ccccc1Cl. The molecule has 0 saturated carbocycles. The Bertz CT molecular complexity index is 992. The first-order valence-electron chi connectivity index (χ1n) is 9.20. The molecule has 0 aliphatic carbocycles. The van der Waals surface area contributed by atoms with Gasteiger partial charge in [0, 0.05) is 17.3 Å². The fourth-order valence-electron chi connectivity index (χ4n) is 2.92. The second kappa shape index (κ2) is 9.87. The number of nitrogens with zero attached hydrogens (tertiary/aromatic N) is 1. The highest BCUT2D eigenvalue weighted by Crippen LogP contribution is 2.18. The van der Waals surface area contributed by atoms with Crippen molar-refractivity contribution in [3.8, 4) is 0 Å². The molecule has 0 aliphatic heterocycles. The summed E-state index contributed by atoms with van der Waals surface area (Å²) >= 11 is 6.19. The van der Waals surface area contributed by atoms with Crippen molar-refractivity contribution in [1.29, 1.82) is 0 Å². The van der Waals surface area contributed by atoms with Crippen LogP contribution in [-0.2, 0) is 11.3 Å². The molecule has 6 heteroatoms.